The Bertz CT molecular complexity index is 618. The van der Waals surface area contributed by atoms with Crippen LogP contribution in [0.1, 0.15) is 54.9 Å². The number of esters is 1. The topological polar surface area (TPSA) is 65.1 Å². The normalized spacial score (nSPS) is 23.1. The zero-order chi connectivity index (χ0) is 22.8. The van der Waals surface area contributed by atoms with E-state index in [2.05, 4.69) is 40.4 Å². The molecule has 3 atom stereocenters. The maximum Gasteiger partial charge on any atom is 0.411 e. The summed E-state index contributed by atoms with van der Waals surface area (Å²) < 4.78 is 17.0. The Morgan fingerprint density at radius 2 is 1.69 bits per heavy atom. The van der Waals surface area contributed by atoms with E-state index in [0.717, 1.165) is 5.57 Å². The van der Waals surface area contributed by atoms with Crippen molar-refractivity contribution in [3.8, 4) is 0 Å². The standard InChI is InChI=1S/C22H41NO5Si/c1-15(2)17-14-23(20(25)28-21(3,4)5)18(19(24)26-9)16(17)12-13-27-29(10,11)22(6,7)8/h16-18H,1,12-14H2,2-11H3/t16-,17+,18-/m1/s1. The Kier molecular flexibility index (Phi) is 8.16. The highest BCUT2D eigenvalue weighted by Gasteiger charge is 2.49. The van der Waals surface area contributed by atoms with Crippen LogP contribution >= 0.6 is 0 Å². The van der Waals surface area contributed by atoms with Crippen molar-refractivity contribution in [1.82, 2.24) is 4.90 Å². The molecule has 0 aromatic carbocycles. The monoisotopic (exact) mass is 427 g/mol. The zero-order valence-corrected chi connectivity index (χ0v) is 21.0. The number of rotatable bonds is 6. The predicted molar refractivity (Wildman–Crippen MR) is 118 cm³/mol. The first kappa shape index (κ1) is 25.7. The highest BCUT2D eigenvalue weighted by Crippen LogP contribution is 2.40. The minimum absolute atomic E-state index is 0.00497. The Labute approximate surface area is 178 Å². The molecule has 1 heterocycles. The molecule has 1 rings (SSSR count). The molecule has 1 aliphatic heterocycles. The molecule has 0 bridgehead atoms. The number of amides is 1. The van der Waals surface area contributed by atoms with Crippen LogP contribution in [0.5, 0.6) is 0 Å². The van der Waals surface area contributed by atoms with Gasteiger partial charge in [0, 0.05) is 25.0 Å². The van der Waals surface area contributed by atoms with E-state index < -0.39 is 32.0 Å². The molecule has 168 valence electrons. The molecule has 1 amide bonds. The van der Waals surface area contributed by atoms with E-state index >= 15 is 0 Å². The van der Waals surface area contributed by atoms with Crippen LogP contribution in [0, 0.1) is 11.8 Å². The summed E-state index contributed by atoms with van der Waals surface area (Å²) in [6.07, 6.45) is 0.162. The fourth-order valence-corrected chi connectivity index (χ4v) is 4.45. The molecule has 0 aromatic rings. The molecule has 0 aromatic heterocycles. The largest absolute Gasteiger partial charge is 0.467 e. The highest BCUT2D eigenvalue weighted by molar-refractivity contribution is 6.74. The van der Waals surface area contributed by atoms with Gasteiger partial charge in [-0.1, -0.05) is 32.9 Å². The summed E-state index contributed by atoms with van der Waals surface area (Å²) in [6, 6.07) is -0.695. The lowest BCUT2D eigenvalue weighted by molar-refractivity contribution is -0.147. The fourth-order valence-electron chi connectivity index (χ4n) is 3.39. The van der Waals surface area contributed by atoms with E-state index in [-0.39, 0.29) is 16.9 Å². The van der Waals surface area contributed by atoms with Gasteiger partial charge in [-0.05, 0) is 52.2 Å². The Morgan fingerprint density at radius 1 is 1.14 bits per heavy atom. The summed E-state index contributed by atoms with van der Waals surface area (Å²) in [5.74, 6) is -0.538. The lowest BCUT2D eigenvalue weighted by Crippen LogP contribution is -2.46. The maximum absolute atomic E-state index is 12.8. The number of nitrogens with zero attached hydrogens (tertiary/aromatic N) is 1. The first-order valence-electron chi connectivity index (χ1n) is 10.4. The summed E-state index contributed by atoms with van der Waals surface area (Å²) in [6.45, 7) is 23.5. The first-order valence-corrected chi connectivity index (χ1v) is 13.3. The fraction of sp³-hybridized carbons (Fsp3) is 0.818. The van der Waals surface area contributed by atoms with Gasteiger partial charge in [-0.25, -0.2) is 9.59 Å². The van der Waals surface area contributed by atoms with Crippen LogP contribution in [0.3, 0.4) is 0 Å². The van der Waals surface area contributed by atoms with Gasteiger partial charge in [0.05, 0.1) is 7.11 Å². The molecule has 6 nitrogen and oxygen atoms in total. The minimum Gasteiger partial charge on any atom is -0.467 e. The number of hydrogen-bond donors (Lipinski definition) is 0. The Morgan fingerprint density at radius 3 is 2.10 bits per heavy atom. The Hall–Kier alpha value is -1.34. The van der Waals surface area contributed by atoms with Crippen LogP contribution in [0.4, 0.5) is 4.79 Å². The van der Waals surface area contributed by atoms with Gasteiger partial charge in [-0.2, -0.15) is 0 Å². The highest BCUT2D eigenvalue weighted by atomic mass is 28.4. The van der Waals surface area contributed by atoms with Gasteiger partial charge in [0.2, 0.25) is 0 Å². The summed E-state index contributed by atoms with van der Waals surface area (Å²) in [5.41, 5.74) is 0.308. The third kappa shape index (κ3) is 6.57. The minimum atomic E-state index is -1.90. The van der Waals surface area contributed by atoms with E-state index in [1.54, 1.807) is 0 Å². The van der Waals surface area contributed by atoms with E-state index in [1.165, 1.54) is 12.0 Å². The van der Waals surface area contributed by atoms with Crippen LogP contribution in [-0.2, 0) is 18.7 Å². The van der Waals surface area contributed by atoms with Gasteiger partial charge in [-0.15, -0.1) is 0 Å². The van der Waals surface area contributed by atoms with Crippen molar-refractivity contribution in [2.75, 3.05) is 20.3 Å². The van der Waals surface area contributed by atoms with Crippen LogP contribution < -0.4 is 0 Å². The molecule has 0 radical (unpaired) electrons. The Balaban J connectivity index is 3.08. The number of likely N-dealkylation sites (tertiary alicyclic amines) is 1. The lowest BCUT2D eigenvalue weighted by Gasteiger charge is -2.37. The molecule has 0 aliphatic carbocycles. The van der Waals surface area contributed by atoms with Crippen molar-refractivity contribution in [3.05, 3.63) is 12.2 Å². The third-order valence-corrected chi connectivity index (χ3v) is 10.6. The number of carbonyl (C=O) groups excluding carboxylic acids is 2. The van der Waals surface area contributed by atoms with Gasteiger partial charge in [0.15, 0.2) is 8.32 Å². The smallest absolute Gasteiger partial charge is 0.411 e. The number of carbonyl (C=O) groups is 2. The third-order valence-electron chi connectivity index (χ3n) is 6.08. The van der Waals surface area contributed by atoms with Crippen LogP contribution in [0.25, 0.3) is 0 Å². The number of hydrogen-bond acceptors (Lipinski definition) is 5. The molecule has 0 N–H and O–H groups in total. The van der Waals surface area contributed by atoms with Crippen LogP contribution in [0.15, 0.2) is 12.2 Å². The van der Waals surface area contributed by atoms with Gasteiger partial charge in [0.25, 0.3) is 0 Å². The van der Waals surface area contributed by atoms with Gasteiger partial charge < -0.3 is 13.9 Å². The van der Waals surface area contributed by atoms with Crippen molar-refractivity contribution in [1.29, 1.82) is 0 Å². The van der Waals surface area contributed by atoms with Crippen LogP contribution in [-0.4, -0.2) is 57.2 Å². The maximum atomic E-state index is 12.8. The van der Waals surface area contributed by atoms with Crippen LogP contribution in [0.2, 0.25) is 18.1 Å². The molecule has 1 saturated heterocycles. The molecular weight excluding hydrogens is 386 g/mol. The van der Waals surface area contributed by atoms with E-state index in [0.29, 0.717) is 19.6 Å². The van der Waals surface area contributed by atoms with Gasteiger partial charge in [0.1, 0.15) is 11.6 Å². The summed E-state index contributed by atoms with van der Waals surface area (Å²) in [5, 5.41) is 0.112. The van der Waals surface area contributed by atoms with Crippen molar-refractivity contribution >= 4 is 20.4 Å². The summed E-state index contributed by atoms with van der Waals surface area (Å²) >= 11 is 0. The first-order chi connectivity index (χ1) is 13.0. The quantitative estimate of drug-likeness (QED) is 0.339. The lowest BCUT2D eigenvalue weighted by atomic mass is 9.84. The average molecular weight is 428 g/mol. The number of methoxy groups -OCH3 is 1. The molecule has 1 fully saturated rings. The molecule has 0 unspecified atom stereocenters. The average Bonchev–Trinajstić information content (AvgIpc) is 2.91. The second kappa shape index (κ2) is 9.21. The SMILES string of the molecule is C=C(C)[C@@H]1CN(C(=O)OC(C)(C)C)[C@@H](C(=O)OC)[C@@H]1CCO[Si](C)(C)C(C)(C)C. The van der Waals surface area contributed by atoms with E-state index in [9.17, 15) is 9.59 Å². The molecule has 0 saturated carbocycles. The van der Waals surface area contributed by atoms with Crippen molar-refractivity contribution in [2.45, 2.75) is 84.7 Å². The summed E-state index contributed by atoms with van der Waals surface area (Å²) in [7, 11) is -0.544. The predicted octanol–water partition coefficient (Wildman–Crippen LogP) is 5.00. The molecule has 29 heavy (non-hydrogen) atoms. The van der Waals surface area contributed by atoms with Crippen molar-refractivity contribution in [3.63, 3.8) is 0 Å². The van der Waals surface area contributed by atoms with E-state index in [1.807, 2.05) is 27.7 Å². The van der Waals surface area contributed by atoms with Crippen molar-refractivity contribution < 1.29 is 23.5 Å². The van der Waals surface area contributed by atoms with Crippen molar-refractivity contribution in [2.24, 2.45) is 11.8 Å². The molecule has 1 aliphatic rings. The second-order valence-electron chi connectivity index (χ2n) is 10.6. The molecular formula is C22H41NO5Si. The molecule has 7 heteroatoms. The molecule has 0 spiro atoms. The van der Waals surface area contributed by atoms with Gasteiger partial charge in [-0.3, -0.25) is 4.90 Å². The number of ether oxygens (including phenoxy) is 2. The summed E-state index contributed by atoms with van der Waals surface area (Å²) in [4.78, 5) is 27.0. The van der Waals surface area contributed by atoms with E-state index in [4.69, 9.17) is 13.9 Å². The zero-order valence-electron chi connectivity index (χ0n) is 20.0. The van der Waals surface area contributed by atoms with Gasteiger partial charge >= 0.3 is 12.1 Å². The second-order valence-corrected chi connectivity index (χ2v) is 15.4.